The molecular formula is C31H26N4O2S2. The molecule has 0 fully saturated rings. The Morgan fingerprint density at radius 2 is 1.64 bits per heavy atom. The summed E-state index contributed by atoms with van der Waals surface area (Å²) >= 11 is 3.06. The smallest absolute Gasteiger partial charge is 0.242 e. The predicted octanol–water partition coefficient (Wildman–Crippen LogP) is 7.43. The van der Waals surface area contributed by atoms with Crippen LogP contribution in [0.2, 0.25) is 0 Å². The van der Waals surface area contributed by atoms with Crippen LogP contribution in [-0.4, -0.2) is 26.4 Å². The van der Waals surface area contributed by atoms with Crippen LogP contribution in [0.5, 0.6) is 5.75 Å². The van der Waals surface area contributed by atoms with Crippen LogP contribution in [0.25, 0.3) is 10.8 Å². The van der Waals surface area contributed by atoms with E-state index < -0.39 is 0 Å². The minimum atomic E-state index is -0.0158. The molecule has 0 N–H and O–H groups in total. The summed E-state index contributed by atoms with van der Waals surface area (Å²) in [6.07, 6.45) is 1.80. The molecule has 194 valence electrons. The van der Waals surface area contributed by atoms with Gasteiger partial charge in [0.2, 0.25) is 5.91 Å². The van der Waals surface area contributed by atoms with Crippen molar-refractivity contribution in [3.05, 3.63) is 109 Å². The molecule has 6 rings (SSSR count). The molecular weight excluding hydrogens is 525 g/mol. The van der Waals surface area contributed by atoms with Crippen molar-refractivity contribution in [1.82, 2.24) is 14.8 Å². The maximum absolute atomic E-state index is 13.6. The number of carbonyl (C=O) groups excluding carboxylic acids is 1. The maximum Gasteiger partial charge on any atom is 0.242 e. The SMILES string of the molecule is C=CCn1c(COc2ccc3ccccc3c2C)nnc1SCC(=O)N1c2ccccc2Sc2ccccc21. The first kappa shape index (κ1) is 25.3. The lowest BCUT2D eigenvalue weighted by molar-refractivity contribution is -0.115. The van der Waals surface area contributed by atoms with Gasteiger partial charge >= 0.3 is 0 Å². The molecule has 0 saturated carbocycles. The topological polar surface area (TPSA) is 60.2 Å². The van der Waals surface area contributed by atoms with Crippen LogP contribution in [0, 0.1) is 6.92 Å². The van der Waals surface area contributed by atoms with Gasteiger partial charge in [0.1, 0.15) is 12.4 Å². The predicted molar refractivity (Wildman–Crippen MR) is 158 cm³/mol. The van der Waals surface area contributed by atoms with E-state index in [4.69, 9.17) is 4.74 Å². The molecule has 1 aliphatic rings. The second-order valence-corrected chi connectivity index (χ2v) is 11.1. The van der Waals surface area contributed by atoms with Crippen molar-refractivity contribution in [3.63, 3.8) is 0 Å². The molecule has 1 aromatic heterocycles. The molecule has 6 nitrogen and oxygen atoms in total. The highest BCUT2D eigenvalue weighted by molar-refractivity contribution is 8.00. The van der Waals surface area contributed by atoms with Gasteiger partial charge in [0, 0.05) is 16.3 Å². The summed E-state index contributed by atoms with van der Waals surface area (Å²) in [5.41, 5.74) is 2.89. The summed E-state index contributed by atoms with van der Waals surface area (Å²) in [7, 11) is 0. The highest BCUT2D eigenvalue weighted by Crippen LogP contribution is 2.48. The minimum absolute atomic E-state index is 0.0158. The number of hydrogen-bond acceptors (Lipinski definition) is 6. The number of aryl methyl sites for hydroxylation is 1. The number of hydrogen-bond donors (Lipinski definition) is 0. The number of rotatable bonds is 8. The van der Waals surface area contributed by atoms with Crippen LogP contribution < -0.4 is 9.64 Å². The van der Waals surface area contributed by atoms with Gasteiger partial charge in [-0.2, -0.15) is 0 Å². The zero-order chi connectivity index (χ0) is 26.8. The van der Waals surface area contributed by atoms with Crippen LogP contribution in [0.3, 0.4) is 0 Å². The number of allylic oxidation sites excluding steroid dienone is 1. The average molecular weight is 551 g/mol. The molecule has 1 amide bonds. The first-order valence-electron chi connectivity index (χ1n) is 12.6. The van der Waals surface area contributed by atoms with E-state index >= 15 is 0 Å². The number of amides is 1. The fraction of sp³-hybridized carbons (Fsp3) is 0.129. The Balaban J connectivity index is 1.20. The zero-order valence-electron chi connectivity index (χ0n) is 21.4. The number of anilines is 2. The lowest BCUT2D eigenvalue weighted by atomic mass is 10.0. The average Bonchev–Trinajstić information content (AvgIpc) is 3.35. The Bertz CT molecular complexity index is 1650. The van der Waals surface area contributed by atoms with Gasteiger partial charge in [0.25, 0.3) is 0 Å². The van der Waals surface area contributed by atoms with Gasteiger partial charge in [0.05, 0.1) is 17.1 Å². The Morgan fingerprint density at radius 1 is 0.949 bits per heavy atom. The number of benzene rings is 4. The van der Waals surface area contributed by atoms with E-state index in [1.807, 2.05) is 76.2 Å². The molecule has 0 saturated heterocycles. The molecule has 0 spiro atoms. The number of fused-ring (bicyclic) bond motifs is 3. The third-order valence-corrected chi connectivity index (χ3v) is 8.70. The quantitative estimate of drug-likeness (QED) is 0.148. The zero-order valence-corrected chi connectivity index (χ0v) is 23.0. The number of thioether (sulfide) groups is 1. The van der Waals surface area contributed by atoms with Crippen LogP contribution in [0.15, 0.2) is 113 Å². The van der Waals surface area contributed by atoms with Crippen molar-refractivity contribution in [2.24, 2.45) is 0 Å². The van der Waals surface area contributed by atoms with Crippen LogP contribution in [-0.2, 0) is 17.9 Å². The first-order valence-corrected chi connectivity index (χ1v) is 14.4. The van der Waals surface area contributed by atoms with E-state index in [9.17, 15) is 4.79 Å². The van der Waals surface area contributed by atoms with Crippen molar-refractivity contribution in [3.8, 4) is 5.75 Å². The first-order chi connectivity index (χ1) is 19.1. The fourth-order valence-electron chi connectivity index (χ4n) is 4.71. The summed E-state index contributed by atoms with van der Waals surface area (Å²) < 4.78 is 8.14. The van der Waals surface area contributed by atoms with Gasteiger partial charge in [-0.1, -0.05) is 84.2 Å². The van der Waals surface area contributed by atoms with Crippen molar-refractivity contribution >= 4 is 51.6 Å². The van der Waals surface area contributed by atoms with Crippen molar-refractivity contribution < 1.29 is 9.53 Å². The molecule has 4 aromatic carbocycles. The van der Waals surface area contributed by atoms with Crippen LogP contribution in [0.4, 0.5) is 11.4 Å². The third kappa shape index (κ3) is 4.93. The summed E-state index contributed by atoms with van der Waals surface area (Å²) in [6, 6.07) is 28.3. The molecule has 2 heterocycles. The fourth-order valence-corrected chi connectivity index (χ4v) is 6.59. The maximum atomic E-state index is 13.6. The molecule has 0 aliphatic carbocycles. The van der Waals surface area contributed by atoms with Crippen molar-refractivity contribution in [1.29, 1.82) is 0 Å². The normalized spacial score (nSPS) is 12.2. The highest BCUT2D eigenvalue weighted by atomic mass is 32.2. The number of nitrogens with zero attached hydrogens (tertiary/aromatic N) is 4. The minimum Gasteiger partial charge on any atom is -0.485 e. The van der Waals surface area contributed by atoms with Gasteiger partial charge in [-0.25, -0.2) is 0 Å². The number of para-hydroxylation sites is 2. The van der Waals surface area contributed by atoms with Gasteiger partial charge in [0.15, 0.2) is 11.0 Å². The molecule has 1 aliphatic heterocycles. The summed E-state index contributed by atoms with van der Waals surface area (Å²) in [6.45, 7) is 6.74. The van der Waals surface area contributed by atoms with Crippen LogP contribution >= 0.6 is 23.5 Å². The third-order valence-electron chi connectivity index (χ3n) is 6.62. The summed E-state index contributed by atoms with van der Waals surface area (Å²) in [5.74, 6) is 1.69. The molecule has 5 aromatic rings. The highest BCUT2D eigenvalue weighted by Gasteiger charge is 2.28. The molecule has 0 bridgehead atoms. The lowest BCUT2D eigenvalue weighted by Crippen LogP contribution is -2.30. The Labute approximate surface area is 235 Å². The standard InChI is InChI=1S/C31H26N4O2S2/c1-3-18-34-29(19-37-26-17-16-22-10-4-5-11-23(22)21(26)2)32-33-31(34)38-20-30(36)35-24-12-6-8-14-27(24)39-28-15-9-7-13-25(28)35/h3-17H,1,18-20H2,2H3. The second kappa shape index (κ2) is 11.0. The number of aromatic nitrogens is 3. The Morgan fingerprint density at radius 3 is 2.38 bits per heavy atom. The largest absolute Gasteiger partial charge is 0.485 e. The summed E-state index contributed by atoms with van der Waals surface area (Å²) in [4.78, 5) is 17.6. The van der Waals surface area contributed by atoms with Crippen molar-refractivity contribution in [2.75, 3.05) is 10.7 Å². The van der Waals surface area contributed by atoms with E-state index in [-0.39, 0.29) is 18.3 Å². The van der Waals surface area contributed by atoms with E-state index in [1.54, 1.807) is 17.8 Å². The lowest BCUT2D eigenvalue weighted by Gasteiger charge is -2.30. The Hall–Kier alpha value is -4.01. The van der Waals surface area contributed by atoms with Gasteiger partial charge < -0.3 is 4.74 Å². The van der Waals surface area contributed by atoms with Gasteiger partial charge in [-0.05, 0) is 53.6 Å². The van der Waals surface area contributed by atoms with E-state index in [0.29, 0.717) is 17.5 Å². The number of carbonyl (C=O) groups is 1. The van der Waals surface area contributed by atoms with E-state index in [2.05, 4.69) is 41.9 Å². The molecule has 0 radical (unpaired) electrons. The molecule has 0 unspecified atom stereocenters. The van der Waals surface area contributed by atoms with E-state index in [1.165, 1.54) is 17.1 Å². The number of ether oxygens (including phenoxy) is 1. The van der Waals surface area contributed by atoms with E-state index in [0.717, 1.165) is 37.9 Å². The molecule has 0 atom stereocenters. The van der Waals surface area contributed by atoms with Gasteiger partial charge in [-0.3, -0.25) is 14.3 Å². The monoisotopic (exact) mass is 550 g/mol. The van der Waals surface area contributed by atoms with Crippen molar-refractivity contribution in [2.45, 2.75) is 35.0 Å². The van der Waals surface area contributed by atoms with Crippen LogP contribution in [0.1, 0.15) is 11.4 Å². The Kier molecular flexibility index (Phi) is 7.13. The van der Waals surface area contributed by atoms with Gasteiger partial charge in [-0.15, -0.1) is 16.8 Å². The molecule has 39 heavy (non-hydrogen) atoms. The second-order valence-electron chi connectivity index (χ2n) is 9.05. The summed E-state index contributed by atoms with van der Waals surface area (Å²) in [5, 5.41) is 11.8. The molecule has 8 heteroatoms.